The Hall–Kier alpha value is -2.55. The molecule has 1 saturated heterocycles. The lowest BCUT2D eigenvalue weighted by molar-refractivity contribution is -0.280. The third kappa shape index (κ3) is 3.46. The molecule has 152 valence electrons. The van der Waals surface area contributed by atoms with Crippen LogP contribution in [0.2, 0.25) is 0 Å². The Morgan fingerprint density at radius 3 is 2.43 bits per heavy atom. The summed E-state index contributed by atoms with van der Waals surface area (Å²) in [6.07, 6.45) is -5.09. The number of anilines is 1. The predicted octanol–water partition coefficient (Wildman–Crippen LogP) is 3.42. The molecule has 1 aromatic carbocycles. The highest BCUT2D eigenvalue weighted by molar-refractivity contribution is 5.93. The maximum atomic E-state index is 13.2. The highest BCUT2D eigenvalue weighted by atomic mass is 19.4. The molecule has 0 unspecified atom stereocenters. The maximum Gasteiger partial charge on any atom is 0.417 e. The van der Waals surface area contributed by atoms with E-state index in [1.165, 1.54) is 9.47 Å². The zero-order chi connectivity index (χ0) is 20.7. The number of likely N-dealkylation sites (tertiary alicyclic amines) is 1. The standard InChI is InChI=1S/C19H22F3N3O3/c1-12-10-13-11-14(4-5-15(13)24(2)16(12)26)23-17(27)25-8-6-18(28-3,7-9-25)19(20,21)22/h4-5,10-11H,6-9H2,1-3H3,(H,23,27). The van der Waals surface area contributed by atoms with Gasteiger partial charge in [0.25, 0.3) is 5.56 Å². The van der Waals surface area contributed by atoms with E-state index in [1.54, 1.807) is 38.2 Å². The third-order valence-corrected chi connectivity index (χ3v) is 5.42. The summed E-state index contributed by atoms with van der Waals surface area (Å²) < 4.78 is 46.0. The fraction of sp³-hybridized carbons (Fsp3) is 0.474. The number of hydrogen-bond acceptors (Lipinski definition) is 3. The van der Waals surface area contributed by atoms with Crippen LogP contribution in [0.15, 0.2) is 29.1 Å². The normalized spacial score (nSPS) is 17.0. The first-order chi connectivity index (χ1) is 13.1. The van der Waals surface area contributed by atoms with Crippen molar-refractivity contribution in [2.75, 3.05) is 25.5 Å². The molecule has 1 aromatic heterocycles. The van der Waals surface area contributed by atoms with Crippen molar-refractivity contribution < 1.29 is 22.7 Å². The first-order valence-corrected chi connectivity index (χ1v) is 8.86. The van der Waals surface area contributed by atoms with Crippen LogP contribution in [0.25, 0.3) is 10.9 Å². The molecule has 9 heteroatoms. The van der Waals surface area contributed by atoms with E-state index in [9.17, 15) is 22.8 Å². The van der Waals surface area contributed by atoms with E-state index in [-0.39, 0.29) is 31.5 Å². The largest absolute Gasteiger partial charge is 0.417 e. The molecule has 1 N–H and O–H groups in total. The monoisotopic (exact) mass is 397 g/mol. The van der Waals surface area contributed by atoms with Crippen molar-refractivity contribution in [2.24, 2.45) is 7.05 Å². The van der Waals surface area contributed by atoms with Crippen LogP contribution in [-0.4, -0.2) is 47.5 Å². The zero-order valence-corrected chi connectivity index (χ0v) is 15.9. The van der Waals surface area contributed by atoms with Crippen LogP contribution in [0.5, 0.6) is 0 Å². The molecule has 2 heterocycles. The molecule has 1 fully saturated rings. The van der Waals surface area contributed by atoms with Crippen LogP contribution in [0, 0.1) is 6.92 Å². The van der Waals surface area contributed by atoms with Crippen molar-refractivity contribution in [1.29, 1.82) is 0 Å². The molecule has 28 heavy (non-hydrogen) atoms. The summed E-state index contributed by atoms with van der Waals surface area (Å²) in [6, 6.07) is 6.40. The van der Waals surface area contributed by atoms with Crippen LogP contribution in [0.1, 0.15) is 18.4 Å². The Balaban J connectivity index is 1.74. The maximum absolute atomic E-state index is 13.2. The number of nitrogens with one attached hydrogen (secondary N) is 1. The van der Waals surface area contributed by atoms with Gasteiger partial charge in [0.1, 0.15) is 0 Å². The average Bonchev–Trinajstić information content (AvgIpc) is 2.65. The minimum atomic E-state index is -4.48. The number of nitrogens with zero attached hydrogens (tertiary/aromatic N) is 2. The molecule has 0 atom stereocenters. The van der Waals surface area contributed by atoms with Gasteiger partial charge in [-0.05, 0) is 31.2 Å². The number of aryl methyl sites for hydroxylation is 2. The van der Waals surface area contributed by atoms with E-state index in [1.807, 2.05) is 0 Å². The van der Waals surface area contributed by atoms with Crippen LogP contribution < -0.4 is 10.9 Å². The number of methoxy groups -OCH3 is 1. The molecular formula is C19H22F3N3O3. The Morgan fingerprint density at radius 1 is 1.21 bits per heavy atom. The molecule has 2 amide bonds. The molecule has 0 spiro atoms. The van der Waals surface area contributed by atoms with Gasteiger partial charge in [-0.1, -0.05) is 0 Å². The number of urea groups is 1. The second-order valence-electron chi connectivity index (χ2n) is 7.08. The molecule has 0 saturated carbocycles. The average molecular weight is 397 g/mol. The Bertz CT molecular complexity index is 961. The van der Waals surface area contributed by atoms with E-state index in [0.717, 1.165) is 18.0 Å². The molecule has 1 aliphatic rings. The van der Waals surface area contributed by atoms with Gasteiger partial charge in [-0.25, -0.2) is 4.79 Å². The molecule has 2 aromatic rings. The molecule has 3 rings (SSSR count). The van der Waals surface area contributed by atoms with E-state index < -0.39 is 17.8 Å². The summed E-state index contributed by atoms with van der Waals surface area (Å²) >= 11 is 0. The number of ether oxygens (including phenoxy) is 1. The number of carbonyl (C=O) groups is 1. The number of benzene rings is 1. The lowest BCUT2D eigenvalue weighted by Crippen LogP contribution is -2.56. The summed E-state index contributed by atoms with van der Waals surface area (Å²) in [6.45, 7) is 1.60. The predicted molar refractivity (Wildman–Crippen MR) is 99.5 cm³/mol. The second-order valence-corrected chi connectivity index (χ2v) is 7.08. The first kappa shape index (κ1) is 20.2. The number of halogens is 3. The lowest BCUT2D eigenvalue weighted by Gasteiger charge is -2.41. The van der Waals surface area contributed by atoms with Crippen LogP contribution in [0.3, 0.4) is 0 Å². The van der Waals surface area contributed by atoms with Gasteiger partial charge in [-0.2, -0.15) is 13.2 Å². The van der Waals surface area contributed by atoms with Crippen LogP contribution >= 0.6 is 0 Å². The fourth-order valence-electron chi connectivity index (χ4n) is 3.60. The highest BCUT2D eigenvalue weighted by Gasteiger charge is 2.56. The van der Waals surface area contributed by atoms with Crippen molar-refractivity contribution in [3.8, 4) is 0 Å². The van der Waals surface area contributed by atoms with Crippen molar-refractivity contribution in [3.05, 3.63) is 40.2 Å². The summed E-state index contributed by atoms with van der Waals surface area (Å²) in [4.78, 5) is 25.8. The van der Waals surface area contributed by atoms with Crippen molar-refractivity contribution in [2.45, 2.75) is 31.5 Å². The Labute approximate surface area is 159 Å². The molecule has 0 radical (unpaired) electrons. The quantitative estimate of drug-likeness (QED) is 0.845. The summed E-state index contributed by atoms with van der Waals surface area (Å²) in [5.41, 5.74) is -0.479. The lowest BCUT2D eigenvalue weighted by atomic mass is 9.90. The number of amides is 2. The Morgan fingerprint density at radius 2 is 1.86 bits per heavy atom. The van der Waals surface area contributed by atoms with Crippen LogP contribution in [0.4, 0.5) is 23.7 Å². The van der Waals surface area contributed by atoms with Gasteiger partial charge in [-0.15, -0.1) is 0 Å². The smallest absolute Gasteiger partial charge is 0.369 e. The molecule has 0 aliphatic carbocycles. The zero-order valence-electron chi connectivity index (χ0n) is 15.9. The number of pyridine rings is 1. The van der Waals surface area contributed by atoms with Gasteiger partial charge >= 0.3 is 12.2 Å². The van der Waals surface area contributed by atoms with Crippen molar-refractivity contribution in [3.63, 3.8) is 0 Å². The van der Waals surface area contributed by atoms with Gasteiger partial charge in [-0.3, -0.25) is 4.79 Å². The minimum Gasteiger partial charge on any atom is -0.369 e. The van der Waals surface area contributed by atoms with Crippen molar-refractivity contribution in [1.82, 2.24) is 9.47 Å². The Kier molecular flexibility index (Phi) is 5.14. The second kappa shape index (κ2) is 7.12. The minimum absolute atomic E-state index is 0.0552. The first-order valence-electron chi connectivity index (χ1n) is 8.86. The SMILES string of the molecule is COC1(C(F)(F)F)CCN(C(=O)Nc2ccc3c(c2)cc(C)c(=O)n3C)CC1. The third-order valence-electron chi connectivity index (χ3n) is 5.42. The van der Waals surface area contributed by atoms with E-state index in [0.29, 0.717) is 11.3 Å². The topological polar surface area (TPSA) is 63.6 Å². The number of alkyl halides is 3. The molecular weight excluding hydrogens is 375 g/mol. The number of hydrogen-bond donors (Lipinski definition) is 1. The number of fused-ring (bicyclic) bond motifs is 1. The van der Waals surface area contributed by atoms with Gasteiger partial charge in [0.2, 0.25) is 0 Å². The number of aromatic nitrogens is 1. The summed E-state index contributed by atoms with van der Waals surface area (Å²) in [5, 5.41) is 3.50. The van der Waals surface area contributed by atoms with Gasteiger partial charge in [0.15, 0.2) is 5.60 Å². The van der Waals surface area contributed by atoms with E-state index in [4.69, 9.17) is 4.74 Å². The summed E-state index contributed by atoms with van der Waals surface area (Å²) in [5.74, 6) is 0. The molecule has 1 aliphatic heterocycles. The van der Waals surface area contributed by atoms with Gasteiger partial charge in [0, 0.05) is 56.7 Å². The number of carbonyl (C=O) groups excluding carboxylic acids is 1. The number of rotatable bonds is 2. The van der Waals surface area contributed by atoms with Crippen LogP contribution in [-0.2, 0) is 11.8 Å². The van der Waals surface area contributed by atoms with Crippen molar-refractivity contribution >= 4 is 22.6 Å². The number of piperidine rings is 1. The highest BCUT2D eigenvalue weighted by Crippen LogP contribution is 2.41. The molecule has 0 bridgehead atoms. The molecule has 6 nitrogen and oxygen atoms in total. The van der Waals surface area contributed by atoms with E-state index in [2.05, 4.69) is 5.32 Å². The van der Waals surface area contributed by atoms with E-state index >= 15 is 0 Å². The van der Waals surface area contributed by atoms with Gasteiger partial charge < -0.3 is 19.5 Å². The van der Waals surface area contributed by atoms with Gasteiger partial charge in [0.05, 0.1) is 5.52 Å². The fourth-order valence-corrected chi connectivity index (χ4v) is 3.60. The summed E-state index contributed by atoms with van der Waals surface area (Å²) in [7, 11) is 2.72.